The van der Waals surface area contributed by atoms with E-state index in [2.05, 4.69) is 15.1 Å². The van der Waals surface area contributed by atoms with Crippen LogP contribution in [0.5, 0.6) is 0 Å². The van der Waals surface area contributed by atoms with Gasteiger partial charge in [-0.15, -0.1) is 0 Å². The summed E-state index contributed by atoms with van der Waals surface area (Å²) in [7, 11) is 4.06. The first-order valence-corrected chi connectivity index (χ1v) is 7.21. The molecule has 2 rings (SSSR count). The smallest absolute Gasteiger partial charge is 0.150 e. The number of hydrogen-bond acceptors (Lipinski definition) is 4. The van der Waals surface area contributed by atoms with Gasteiger partial charge in [-0.3, -0.25) is 4.90 Å². The van der Waals surface area contributed by atoms with Crippen LogP contribution in [0.15, 0.2) is 12.1 Å². The van der Waals surface area contributed by atoms with Crippen LogP contribution in [0.1, 0.15) is 5.56 Å². The van der Waals surface area contributed by atoms with Crippen molar-refractivity contribution in [2.75, 3.05) is 45.6 Å². The molecule has 0 aliphatic carbocycles. The molecule has 1 atom stereocenters. The lowest BCUT2D eigenvalue weighted by Gasteiger charge is -2.37. The minimum Gasteiger partial charge on any atom is -0.389 e. The molecule has 1 heterocycles. The molecule has 1 aliphatic heterocycles. The normalized spacial score (nSPS) is 20.5. The van der Waals surface area contributed by atoms with Gasteiger partial charge in [0, 0.05) is 37.8 Å². The van der Waals surface area contributed by atoms with Gasteiger partial charge < -0.3 is 16.0 Å². The molecule has 0 spiro atoms. The molecule has 1 aliphatic rings. The molecule has 3 N–H and O–H groups in total. The Labute approximate surface area is 128 Å². The third-order valence-electron chi connectivity index (χ3n) is 3.82. The Morgan fingerprint density at radius 3 is 2.52 bits per heavy atom. The Morgan fingerprint density at radius 1 is 1.33 bits per heavy atom. The van der Waals surface area contributed by atoms with E-state index in [1.807, 2.05) is 14.1 Å². The largest absolute Gasteiger partial charge is 0.389 e. The average Bonchev–Trinajstić information content (AvgIpc) is 2.41. The number of nitrogens with zero attached hydrogens (tertiary/aromatic N) is 2. The van der Waals surface area contributed by atoms with Crippen LogP contribution in [0.2, 0.25) is 0 Å². The molecular weight excluding hydrogens is 294 g/mol. The fourth-order valence-electron chi connectivity index (χ4n) is 2.43. The highest BCUT2D eigenvalue weighted by Crippen LogP contribution is 2.21. The third-order valence-corrected chi connectivity index (χ3v) is 4.06. The van der Waals surface area contributed by atoms with Gasteiger partial charge in [0.15, 0.2) is 0 Å². The number of halogens is 2. The number of piperazine rings is 1. The molecule has 0 aromatic heterocycles. The molecule has 0 amide bonds. The van der Waals surface area contributed by atoms with E-state index in [0.717, 1.165) is 31.8 Å². The molecule has 1 fully saturated rings. The van der Waals surface area contributed by atoms with Crippen LogP contribution in [0.4, 0.5) is 14.5 Å². The van der Waals surface area contributed by atoms with Gasteiger partial charge in [-0.25, -0.2) is 8.78 Å². The second-order valence-corrected chi connectivity index (χ2v) is 5.90. The highest BCUT2D eigenvalue weighted by atomic mass is 32.1. The van der Waals surface area contributed by atoms with Crippen LogP contribution in [0.3, 0.4) is 0 Å². The molecule has 1 saturated heterocycles. The minimum absolute atomic E-state index is 0.0204. The number of nitrogens with two attached hydrogens (primary N) is 1. The van der Waals surface area contributed by atoms with Crippen LogP contribution in [-0.4, -0.2) is 61.1 Å². The van der Waals surface area contributed by atoms with Gasteiger partial charge in [0.2, 0.25) is 0 Å². The second kappa shape index (κ2) is 6.64. The van der Waals surface area contributed by atoms with Crippen molar-refractivity contribution in [1.82, 2.24) is 9.80 Å². The predicted molar refractivity (Wildman–Crippen MR) is 84.7 cm³/mol. The Hall–Kier alpha value is -1.31. The van der Waals surface area contributed by atoms with E-state index in [9.17, 15) is 8.78 Å². The summed E-state index contributed by atoms with van der Waals surface area (Å²) in [5, 5.41) is 2.87. The fraction of sp³-hybridized carbons (Fsp3) is 0.500. The van der Waals surface area contributed by atoms with Crippen molar-refractivity contribution in [3.8, 4) is 0 Å². The second-order valence-electron chi connectivity index (χ2n) is 5.46. The van der Waals surface area contributed by atoms with Crippen molar-refractivity contribution >= 4 is 22.9 Å². The van der Waals surface area contributed by atoms with Gasteiger partial charge in [0.25, 0.3) is 0 Å². The quantitative estimate of drug-likeness (QED) is 0.819. The van der Waals surface area contributed by atoms with Crippen molar-refractivity contribution in [3.63, 3.8) is 0 Å². The van der Waals surface area contributed by atoms with Crippen molar-refractivity contribution in [1.29, 1.82) is 0 Å². The van der Waals surface area contributed by atoms with Gasteiger partial charge >= 0.3 is 0 Å². The van der Waals surface area contributed by atoms with E-state index in [1.165, 1.54) is 0 Å². The average molecular weight is 314 g/mol. The zero-order chi connectivity index (χ0) is 15.6. The van der Waals surface area contributed by atoms with Gasteiger partial charge in [-0.2, -0.15) is 0 Å². The summed E-state index contributed by atoms with van der Waals surface area (Å²) >= 11 is 4.73. The van der Waals surface area contributed by atoms with E-state index in [0.29, 0.717) is 6.54 Å². The van der Waals surface area contributed by atoms with E-state index in [-0.39, 0.29) is 22.3 Å². The molecule has 116 valence electrons. The van der Waals surface area contributed by atoms with E-state index in [4.69, 9.17) is 18.0 Å². The molecule has 1 unspecified atom stereocenters. The van der Waals surface area contributed by atoms with Gasteiger partial charge in [0.1, 0.15) is 22.3 Å². The zero-order valence-corrected chi connectivity index (χ0v) is 13.0. The van der Waals surface area contributed by atoms with Gasteiger partial charge in [-0.05, 0) is 26.2 Å². The van der Waals surface area contributed by atoms with E-state index >= 15 is 0 Å². The van der Waals surface area contributed by atoms with Crippen molar-refractivity contribution in [2.24, 2.45) is 5.73 Å². The maximum atomic E-state index is 14.0. The molecule has 0 radical (unpaired) electrons. The summed E-state index contributed by atoms with van der Waals surface area (Å²) in [6.07, 6.45) is 0. The van der Waals surface area contributed by atoms with E-state index < -0.39 is 11.6 Å². The molecule has 21 heavy (non-hydrogen) atoms. The molecule has 1 aromatic carbocycles. The summed E-state index contributed by atoms with van der Waals surface area (Å²) in [4.78, 5) is 4.37. The third kappa shape index (κ3) is 3.87. The molecule has 0 bridgehead atoms. The number of thiocarbonyl (C=S) groups is 1. The van der Waals surface area contributed by atoms with Crippen LogP contribution in [-0.2, 0) is 0 Å². The number of hydrogen-bond donors (Lipinski definition) is 2. The predicted octanol–water partition coefficient (Wildman–Crippen LogP) is 1.26. The van der Waals surface area contributed by atoms with Crippen LogP contribution < -0.4 is 11.1 Å². The number of anilines is 1. The molecule has 7 heteroatoms. The van der Waals surface area contributed by atoms with Crippen molar-refractivity contribution in [2.45, 2.75) is 6.04 Å². The van der Waals surface area contributed by atoms with Gasteiger partial charge in [-0.1, -0.05) is 12.2 Å². The lowest BCUT2D eigenvalue weighted by molar-refractivity contribution is 0.121. The monoisotopic (exact) mass is 314 g/mol. The summed E-state index contributed by atoms with van der Waals surface area (Å²) in [6, 6.07) is 2.52. The lowest BCUT2D eigenvalue weighted by Crippen LogP contribution is -2.52. The van der Waals surface area contributed by atoms with Crippen molar-refractivity contribution < 1.29 is 8.78 Å². The lowest BCUT2D eigenvalue weighted by atomic mass is 10.1. The topological polar surface area (TPSA) is 44.5 Å². The first-order chi connectivity index (χ1) is 9.88. The number of rotatable bonds is 4. The zero-order valence-electron chi connectivity index (χ0n) is 12.2. The van der Waals surface area contributed by atoms with Gasteiger partial charge in [0.05, 0.1) is 0 Å². The first-order valence-electron chi connectivity index (χ1n) is 6.80. The van der Waals surface area contributed by atoms with E-state index in [1.54, 1.807) is 0 Å². The number of benzene rings is 1. The number of likely N-dealkylation sites (N-methyl/N-ethyl adjacent to an activating group) is 2. The number of nitrogens with one attached hydrogen (secondary N) is 1. The summed E-state index contributed by atoms with van der Waals surface area (Å²) in [6.45, 7) is 3.27. The summed E-state index contributed by atoms with van der Waals surface area (Å²) < 4.78 is 27.9. The van der Waals surface area contributed by atoms with Crippen LogP contribution in [0.25, 0.3) is 0 Å². The standard InChI is InChI=1S/C14H20F2N4S/c1-19-3-4-20(2)10(8-19)7-18-13-11(15)5-9(14(17)21)6-12(13)16/h5-6,10,18H,3-4,7-8H2,1-2H3,(H2,17,21). The fourth-order valence-corrected chi connectivity index (χ4v) is 2.54. The summed E-state index contributed by atoms with van der Waals surface area (Å²) in [5.74, 6) is -1.35. The SMILES string of the molecule is CN1CCN(C)C(CNc2c(F)cc(C(N)=S)cc2F)C1. The highest BCUT2D eigenvalue weighted by molar-refractivity contribution is 7.80. The Kier molecular flexibility index (Phi) is 5.08. The molecule has 4 nitrogen and oxygen atoms in total. The van der Waals surface area contributed by atoms with Crippen LogP contribution in [0, 0.1) is 11.6 Å². The van der Waals surface area contributed by atoms with Crippen LogP contribution >= 0.6 is 12.2 Å². The van der Waals surface area contributed by atoms with Crippen molar-refractivity contribution in [3.05, 3.63) is 29.3 Å². The Morgan fingerprint density at radius 2 is 1.95 bits per heavy atom. The minimum atomic E-state index is -0.676. The first kappa shape index (κ1) is 16.1. The summed E-state index contributed by atoms with van der Waals surface area (Å²) in [5.41, 5.74) is 5.46. The Bertz CT molecular complexity index is 515. The molecule has 1 aromatic rings. The molecule has 0 saturated carbocycles. The molecular formula is C14H20F2N4S. The maximum absolute atomic E-state index is 14.0. The maximum Gasteiger partial charge on any atom is 0.150 e. The highest BCUT2D eigenvalue weighted by Gasteiger charge is 2.22. The Balaban J connectivity index is 2.08.